The van der Waals surface area contributed by atoms with E-state index in [2.05, 4.69) is 20.8 Å². The lowest BCUT2D eigenvalue weighted by Crippen LogP contribution is -2.53. The first kappa shape index (κ1) is 11.5. The van der Waals surface area contributed by atoms with E-state index in [1.165, 1.54) is 19.3 Å². The van der Waals surface area contributed by atoms with E-state index >= 15 is 0 Å². The van der Waals surface area contributed by atoms with Crippen molar-refractivity contribution < 1.29 is 9.90 Å². The zero-order valence-corrected chi connectivity index (χ0v) is 11.1. The highest BCUT2D eigenvalue weighted by atomic mass is 16.3. The number of nitrogens with zero attached hydrogens (tertiary/aromatic N) is 1. The highest BCUT2D eigenvalue weighted by Crippen LogP contribution is 2.64. The molecule has 17 heavy (non-hydrogen) atoms. The normalized spacial score (nSPS) is 48.1. The van der Waals surface area contributed by atoms with E-state index in [1.54, 1.807) is 0 Å². The molecule has 1 aliphatic heterocycles. The van der Waals surface area contributed by atoms with Gasteiger partial charge in [0, 0.05) is 12.6 Å². The van der Waals surface area contributed by atoms with Crippen LogP contribution in [0.3, 0.4) is 0 Å². The van der Waals surface area contributed by atoms with Gasteiger partial charge in [-0.1, -0.05) is 20.8 Å². The lowest BCUT2D eigenvalue weighted by atomic mass is 9.67. The van der Waals surface area contributed by atoms with Crippen molar-refractivity contribution in [1.29, 1.82) is 0 Å². The molecule has 2 saturated carbocycles. The molecule has 3 aliphatic rings. The van der Waals surface area contributed by atoms with Crippen molar-refractivity contribution in [2.75, 3.05) is 6.54 Å². The van der Waals surface area contributed by atoms with E-state index in [4.69, 9.17) is 0 Å². The summed E-state index contributed by atoms with van der Waals surface area (Å²) in [4.78, 5) is 14.0. The van der Waals surface area contributed by atoms with Crippen molar-refractivity contribution in [2.24, 2.45) is 16.7 Å². The van der Waals surface area contributed by atoms with Gasteiger partial charge in [0.2, 0.25) is 5.91 Å². The lowest BCUT2D eigenvalue weighted by molar-refractivity contribution is -0.135. The van der Waals surface area contributed by atoms with Gasteiger partial charge in [0.05, 0.1) is 12.5 Å². The lowest BCUT2D eigenvalue weighted by Gasteiger charge is -2.47. The van der Waals surface area contributed by atoms with Gasteiger partial charge in [-0.3, -0.25) is 4.79 Å². The Labute approximate surface area is 103 Å². The summed E-state index contributed by atoms with van der Waals surface area (Å²) in [6.07, 6.45) is 3.69. The first-order valence-electron chi connectivity index (χ1n) is 6.82. The molecule has 0 aromatic rings. The van der Waals surface area contributed by atoms with Gasteiger partial charge in [-0.2, -0.15) is 0 Å². The molecule has 0 radical (unpaired) electrons. The van der Waals surface area contributed by atoms with Crippen molar-refractivity contribution >= 4 is 5.91 Å². The van der Waals surface area contributed by atoms with Crippen molar-refractivity contribution in [3.63, 3.8) is 0 Å². The summed E-state index contributed by atoms with van der Waals surface area (Å²) in [6.45, 7) is 7.51. The predicted molar refractivity (Wildman–Crippen MR) is 65.4 cm³/mol. The van der Waals surface area contributed by atoms with E-state index in [0.717, 1.165) is 5.92 Å². The maximum atomic E-state index is 12.0. The summed E-state index contributed by atoms with van der Waals surface area (Å²) >= 11 is 0. The van der Waals surface area contributed by atoms with E-state index in [9.17, 15) is 9.90 Å². The average molecular weight is 237 g/mol. The molecular formula is C14H23NO2. The highest BCUT2D eigenvalue weighted by Gasteiger charge is 2.62. The standard InChI is InChI=1S/C14H23NO2/c1-13(2)9-4-5-14(3,7-9)12(13)15-8-10(16)6-11(15)17/h9-10,12,16H,4-8H2,1-3H3. The molecule has 2 aliphatic carbocycles. The van der Waals surface area contributed by atoms with Crippen molar-refractivity contribution in [1.82, 2.24) is 4.90 Å². The molecule has 4 unspecified atom stereocenters. The number of hydrogen-bond donors (Lipinski definition) is 1. The number of hydrogen-bond acceptors (Lipinski definition) is 2. The monoisotopic (exact) mass is 237 g/mol. The Morgan fingerprint density at radius 1 is 1.35 bits per heavy atom. The molecule has 0 spiro atoms. The SMILES string of the molecule is CC12CCC(C1)C(C)(C)C2N1CC(O)CC1=O. The number of aliphatic hydroxyl groups excluding tert-OH is 1. The van der Waals surface area contributed by atoms with Gasteiger partial charge in [-0.25, -0.2) is 0 Å². The number of amides is 1. The van der Waals surface area contributed by atoms with Gasteiger partial charge in [-0.15, -0.1) is 0 Å². The quantitative estimate of drug-likeness (QED) is 0.755. The maximum Gasteiger partial charge on any atom is 0.225 e. The summed E-state index contributed by atoms with van der Waals surface area (Å²) in [5.74, 6) is 0.910. The van der Waals surface area contributed by atoms with Crippen LogP contribution < -0.4 is 0 Å². The fourth-order valence-corrected chi connectivity index (χ4v) is 5.02. The highest BCUT2D eigenvalue weighted by molar-refractivity contribution is 5.79. The molecule has 3 nitrogen and oxygen atoms in total. The molecule has 4 atom stereocenters. The van der Waals surface area contributed by atoms with Crippen LogP contribution in [0.1, 0.15) is 46.5 Å². The minimum Gasteiger partial charge on any atom is -0.391 e. The summed E-state index contributed by atoms with van der Waals surface area (Å²) in [6, 6.07) is 0.332. The summed E-state index contributed by atoms with van der Waals surface area (Å²) in [5, 5.41) is 9.69. The molecule has 0 aromatic heterocycles. The number of carbonyl (C=O) groups is 1. The third-order valence-electron chi connectivity index (χ3n) is 5.64. The predicted octanol–water partition coefficient (Wildman–Crippen LogP) is 1.79. The van der Waals surface area contributed by atoms with Crippen LogP contribution >= 0.6 is 0 Å². The van der Waals surface area contributed by atoms with Crippen LogP contribution in [0.4, 0.5) is 0 Å². The second kappa shape index (κ2) is 3.25. The van der Waals surface area contributed by atoms with Crippen LogP contribution in [-0.4, -0.2) is 34.6 Å². The first-order valence-corrected chi connectivity index (χ1v) is 6.82. The Balaban J connectivity index is 1.94. The van der Waals surface area contributed by atoms with Crippen molar-refractivity contribution in [2.45, 2.75) is 58.6 Å². The molecule has 1 saturated heterocycles. The third-order valence-corrected chi connectivity index (χ3v) is 5.64. The number of aliphatic hydroxyl groups is 1. The molecular weight excluding hydrogens is 214 g/mol. The van der Waals surface area contributed by atoms with Crippen molar-refractivity contribution in [3.05, 3.63) is 0 Å². The third kappa shape index (κ3) is 1.41. The van der Waals surface area contributed by atoms with Gasteiger partial charge in [-0.05, 0) is 36.0 Å². The zero-order valence-electron chi connectivity index (χ0n) is 11.1. The summed E-state index contributed by atoms with van der Waals surface area (Å²) in [7, 11) is 0. The molecule has 1 amide bonds. The number of rotatable bonds is 1. The number of β-amino-alcohol motifs (C(OH)–C–C–N with tert-alkyl or cyclic N) is 1. The Hall–Kier alpha value is -0.570. The minimum atomic E-state index is -0.443. The minimum absolute atomic E-state index is 0.157. The Bertz CT molecular complexity index is 360. The van der Waals surface area contributed by atoms with Crippen LogP contribution in [-0.2, 0) is 4.79 Å². The number of fused-ring (bicyclic) bond motifs is 2. The second-order valence-corrected chi connectivity index (χ2v) is 7.22. The molecule has 1 heterocycles. The number of carbonyl (C=O) groups excluding carboxylic acids is 1. The number of likely N-dealkylation sites (tertiary alicyclic amines) is 1. The molecule has 3 fully saturated rings. The van der Waals surface area contributed by atoms with Crippen LogP contribution in [0.2, 0.25) is 0 Å². The molecule has 0 aromatic carbocycles. The maximum absolute atomic E-state index is 12.0. The van der Waals surface area contributed by atoms with Gasteiger partial charge < -0.3 is 10.0 Å². The van der Waals surface area contributed by atoms with E-state index in [1.807, 2.05) is 4.90 Å². The van der Waals surface area contributed by atoms with Gasteiger partial charge in [0.15, 0.2) is 0 Å². The zero-order chi connectivity index (χ0) is 12.4. The molecule has 96 valence electrons. The molecule has 3 heteroatoms. The fourth-order valence-electron chi connectivity index (χ4n) is 5.02. The molecule has 3 rings (SSSR count). The van der Waals surface area contributed by atoms with E-state index in [-0.39, 0.29) is 16.7 Å². The van der Waals surface area contributed by atoms with Gasteiger partial charge in [0.1, 0.15) is 0 Å². The Morgan fingerprint density at radius 2 is 2.06 bits per heavy atom. The van der Waals surface area contributed by atoms with Gasteiger partial charge in [0.25, 0.3) is 0 Å². The Kier molecular flexibility index (Phi) is 2.20. The topological polar surface area (TPSA) is 40.5 Å². The van der Waals surface area contributed by atoms with E-state index in [0.29, 0.717) is 19.0 Å². The van der Waals surface area contributed by atoms with Gasteiger partial charge >= 0.3 is 0 Å². The Morgan fingerprint density at radius 3 is 2.53 bits per heavy atom. The van der Waals surface area contributed by atoms with E-state index < -0.39 is 6.10 Å². The summed E-state index contributed by atoms with van der Waals surface area (Å²) in [5.41, 5.74) is 0.501. The van der Waals surface area contributed by atoms with Crippen LogP contribution in [0.5, 0.6) is 0 Å². The summed E-state index contributed by atoms with van der Waals surface area (Å²) < 4.78 is 0. The molecule has 1 N–H and O–H groups in total. The largest absolute Gasteiger partial charge is 0.391 e. The molecule has 2 bridgehead atoms. The van der Waals surface area contributed by atoms with Crippen molar-refractivity contribution in [3.8, 4) is 0 Å². The van der Waals surface area contributed by atoms with Crippen LogP contribution in [0.15, 0.2) is 0 Å². The second-order valence-electron chi connectivity index (χ2n) is 7.22. The average Bonchev–Trinajstić information content (AvgIpc) is 2.76. The van der Waals surface area contributed by atoms with Crippen LogP contribution in [0, 0.1) is 16.7 Å². The van der Waals surface area contributed by atoms with Crippen LogP contribution in [0.25, 0.3) is 0 Å². The fraction of sp³-hybridized carbons (Fsp3) is 0.929. The first-order chi connectivity index (χ1) is 7.84. The smallest absolute Gasteiger partial charge is 0.225 e.